The Kier molecular flexibility index (Phi) is 15.3. The minimum Gasteiger partial charge on any atom is -0.309 e. The zero-order chi connectivity index (χ0) is 81.2. The molecule has 6 heterocycles. The van der Waals surface area contributed by atoms with Crippen LogP contribution in [0.3, 0.4) is 0 Å². The van der Waals surface area contributed by atoms with Crippen molar-refractivity contribution in [2.75, 3.05) is 0 Å². The summed E-state index contributed by atoms with van der Waals surface area (Å²) >= 11 is 0. The zero-order valence-corrected chi connectivity index (χ0v) is 66.7. The van der Waals surface area contributed by atoms with Gasteiger partial charge in [0.2, 0.25) is 0 Å². The number of rotatable bonds is 10. The van der Waals surface area contributed by atoms with Gasteiger partial charge in [-0.15, -0.1) is 0 Å². The molecule has 25 aromatic rings. The molecular weight excluding hydrogens is 1510 g/mol. The van der Waals surface area contributed by atoms with Crippen molar-refractivity contribution in [3.05, 3.63) is 413 Å². The topological polar surface area (TPSA) is 97.1 Å². The molecule has 0 aliphatic heterocycles. The Balaban J connectivity index is 0.000000133. The van der Waals surface area contributed by atoms with E-state index in [4.69, 9.17) is 29.9 Å². The molecule has 0 amide bonds. The summed E-state index contributed by atoms with van der Waals surface area (Å²) in [6.07, 6.45) is 0. The van der Waals surface area contributed by atoms with E-state index >= 15 is 0 Å². The van der Waals surface area contributed by atoms with Gasteiger partial charge in [-0.25, -0.2) is 29.9 Å². The molecule has 0 unspecified atom stereocenters. The van der Waals surface area contributed by atoms with E-state index in [9.17, 15) is 0 Å². The van der Waals surface area contributed by atoms with E-state index in [2.05, 4.69) is 334 Å². The van der Waals surface area contributed by atoms with E-state index in [1.807, 2.05) is 97.1 Å². The van der Waals surface area contributed by atoms with Crippen LogP contribution in [0.1, 0.15) is 0 Å². The first-order chi connectivity index (χ1) is 61.5. The Morgan fingerprint density at radius 3 is 0.903 bits per heavy atom. The normalized spacial score (nSPS) is 12.0. The van der Waals surface area contributed by atoms with Gasteiger partial charge in [-0.3, -0.25) is 0 Å². The number of hydrogen-bond acceptors (Lipinski definition) is 6. The molecule has 0 saturated carbocycles. The molecule has 0 bridgehead atoms. The molecule has 574 valence electrons. The van der Waals surface area contributed by atoms with Gasteiger partial charge in [0.25, 0.3) is 0 Å². The summed E-state index contributed by atoms with van der Waals surface area (Å²) in [4.78, 5) is 30.2. The second-order valence-corrected chi connectivity index (χ2v) is 32.3. The maximum atomic E-state index is 5.16. The third-order valence-corrected chi connectivity index (χ3v) is 25.6. The second kappa shape index (κ2) is 27.4. The number of fused-ring (bicyclic) bond motifs is 13. The van der Waals surface area contributed by atoms with Gasteiger partial charge in [0, 0.05) is 98.9 Å². The fourth-order valence-corrected chi connectivity index (χ4v) is 20.2. The van der Waals surface area contributed by atoms with Crippen molar-refractivity contribution < 1.29 is 0 Å². The highest BCUT2D eigenvalue weighted by molar-refractivity contribution is 6.33. The smallest absolute Gasteiger partial charge is 0.164 e. The second-order valence-electron chi connectivity index (χ2n) is 32.3. The third-order valence-electron chi connectivity index (χ3n) is 25.6. The Morgan fingerprint density at radius 1 is 0.145 bits per heavy atom. The van der Waals surface area contributed by atoms with Gasteiger partial charge in [-0.2, -0.15) is 0 Å². The van der Waals surface area contributed by atoms with Crippen LogP contribution in [0.5, 0.6) is 0 Å². The fourth-order valence-electron chi connectivity index (χ4n) is 20.2. The molecule has 27 rings (SSSR count). The van der Waals surface area contributed by atoms with Gasteiger partial charge in [0.1, 0.15) is 0 Å². The van der Waals surface area contributed by atoms with Crippen molar-refractivity contribution in [3.63, 3.8) is 0 Å². The molecule has 0 N–H and O–H groups in total. The molecule has 0 saturated heterocycles. The van der Waals surface area contributed by atoms with Crippen molar-refractivity contribution in [2.24, 2.45) is 0 Å². The molecule has 0 fully saturated rings. The lowest BCUT2D eigenvalue weighted by atomic mass is 9.91. The van der Waals surface area contributed by atoms with Gasteiger partial charge in [-0.05, 0) is 193 Å². The minimum absolute atomic E-state index is 0.639. The van der Waals surface area contributed by atoms with Gasteiger partial charge >= 0.3 is 0 Å². The first-order valence-electron chi connectivity index (χ1n) is 42.2. The number of para-hydroxylation sites is 4. The summed E-state index contributed by atoms with van der Waals surface area (Å²) in [6, 6.07) is 148. The maximum Gasteiger partial charge on any atom is 0.164 e. The molecular formula is C114H68N10. The predicted molar refractivity (Wildman–Crippen MR) is 511 cm³/mol. The van der Waals surface area contributed by atoms with Crippen molar-refractivity contribution >= 4 is 120 Å². The molecule has 10 nitrogen and oxygen atoms in total. The molecule has 19 aromatic carbocycles. The van der Waals surface area contributed by atoms with Crippen LogP contribution in [-0.2, 0) is 0 Å². The van der Waals surface area contributed by atoms with E-state index < -0.39 is 0 Å². The monoisotopic (exact) mass is 1580 g/mol. The highest BCUT2D eigenvalue weighted by Gasteiger charge is 2.31. The van der Waals surface area contributed by atoms with Crippen LogP contribution in [0, 0.1) is 0 Å². The molecule has 124 heavy (non-hydrogen) atoms. The van der Waals surface area contributed by atoms with Crippen LogP contribution in [0.15, 0.2) is 413 Å². The van der Waals surface area contributed by atoms with E-state index in [-0.39, 0.29) is 0 Å². The lowest BCUT2D eigenvalue weighted by Crippen LogP contribution is -2.01. The number of nitrogens with zero attached hydrogens (tertiary/aromatic N) is 10. The molecule has 2 aliphatic rings. The highest BCUT2D eigenvalue weighted by atomic mass is 15.1. The summed E-state index contributed by atoms with van der Waals surface area (Å²) < 4.78 is 9.76. The van der Waals surface area contributed by atoms with Gasteiger partial charge < -0.3 is 18.3 Å². The lowest BCUT2D eigenvalue weighted by Gasteiger charge is -2.17. The standard InChI is InChI=1S/C59H35N5.C55H33N5/c1-4-16-37(17-5-1)57-60-58(38-18-6-2-7-19-38)62-59(61-57)45-31-33-50(41-24-11-10-23-40(41)45)64-51-29-15-27-44-47-35-53-48(42-25-12-13-28-49(42)63(53)39-21-8-3-9-22-39)34-46(47)43-26-14-20-36-30-32-52(64)56(54(36)43)55(44)51;1-4-14-35(15-5-1)53-56-54(36-16-6-2-7-17-36)58-55(57-53)37-26-29-39(30-27-37)60-47-25-13-23-42-44-33-49-45(40-21-10-11-24-46(40)59(49)38-19-8-3-9-20-38)32-43(44)41-22-12-18-34-28-31-48(60)52(50(34)41)51(42)47/h1-35H;1-33H. The van der Waals surface area contributed by atoms with Gasteiger partial charge in [-0.1, -0.05) is 291 Å². The molecule has 6 aromatic heterocycles. The SMILES string of the molecule is c1ccc(-c2nc(-c3ccccc3)nc(-c3ccc(-n4c5cccc6c5c5c7c(cccc7ccc54)-c4cc5c7ccccc7n(-c7ccccc7)c5cc4-6)c4ccccc34)n2)cc1.c1ccc(-c2nc(-c3ccccc3)nc(-c3ccc(-n4c5cccc6c5c5c7c(cccc7ccc54)-c4cc5c7ccccc7n(-c7ccccc7)c5cc4-6)cc3)n2)cc1. The van der Waals surface area contributed by atoms with Crippen LogP contribution in [-0.4, -0.2) is 48.2 Å². The number of hydrogen-bond donors (Lipinski definition) is 0. The Bertz CT molecular complexity index is 8640. The predicted octanol–water partition coefficient (Wildman–Crippen LogP) is 28.9. The summed E-state index contributed by atoms with van der Waals surface area (Å²) in [5.41, 5.74) is 29.7. The van der Waals surface area contributed by atoms with E-state index in [1.165, 1.54) is 153 Å². The van der Waals surface area contributed by atoms with Crippen molar-refractivity contribution in [1.29, 1.82) is 0 Å². The van der Waals surface area contributed by atoms with Crippen LogP contribution in [0.2, 0.25) is 0 Å². The van der Waals surface area contributed by atoms with Crippen molar-refractivity contribution in [1.82, 2.24) is 48.2 Å². The third kappa shape index (κ3) is 10.5. The molecule has 10 heteroatoms. The average molecular weight is 1580 g/mol. The summed E-state index contributed by atoms with van der Waals surface area (Å²) in [6.45, 7) is 0. The number of aromatic nitrogens is 10. The zero-order valence-electron chi connectivity index (χ0n) is 66.7. The summed E-state index contributed by atoms with van der Waals surface area (Å²) in [5, 5.41) is 17.4. The number of benzene rings is 19. The molecule has 0 atom stereocenters. The Labute approximate surface area is 711 Å². The average Bonchev–Trinajstić information content (AvgIpc) is 1.54. The van der Waals surface area contributed by atoms with Crippen molar-refractivity contribution in [3.8, 4) is 136 Å². The van der Waals surface area contributed by atoms with Crippen LogP contribution in [0.4, 0.5) is 0 Å². The lowest BCUT2D eigenvalue weighted by molar-refractivity contribution is 1.07. The van der Waals surface area contributed by atoms with Gasteiger partial charge in [0.15, 0.2) is 34.9 Å². The molecule has 0 spiro atoms. The largest absolute Gasteiger partial charge is 0.309 e. The van der Waals surface area contributed by atoms with Crippen LogP contribution in [0.25, 0.3) is 255 Å². The highest BCUT2D eigenvalue weighted by Crippen LogP contribution is 2.55. The first-order valence-corrected chi connectivity index (χ1v) is 42.2. The molecule has 2 aliphatic carbocycles. The van der Waals surface area contributed by atoms with E-state index in [0.29, 0.717) is 34.9 Å². The maximum absolute atomic E-state index is 5.16. The van der Waals surface area contributed by atoms with Crippen LogP contribution < -0.4 is 0 Å². The minimum atomic E-state index is 0.639. The van der Waals surface area contributed by atoms with Crippen molar-refractivity contribution in [2.45, 2.75) is 0 Å². The fraction of sp³-hybridized carbons (Fsp3) is 0. The van der Waals surface area contributed by atoms with E-state index in [1.54, 1.807) is 0 Å². The quantitative estimate of drug-likeness (QED) is 0.135. The van der Waals surface area contributed by atoms with E-state index in [0.717, 1.165) is 66.9 Å². The Hall–Kier alpha value is -16.8. The Morgan fingerprint density at radius 2 is 0.460 bits per heavy atom. The van der Waals surface area contributed by atoms with Crippen LogP contribution >= 0.6 is 0 Å². The summed E-state index contributed by atoms with van der Waals surface area (Å²) in [5.74, 6) is 3.87. The summed E-state index contributed by atoms with van der Waals surface area (Å²) in [7, 11) is 0. The first kappa shape index (κ1) is 69.2. The van der Waals surface area contributed by atoms with Gasteiger partial charge in [0.05, 0.1) is 49.8 Å². The molecule has 0 radical (unpaired) electrons.